The van der Waals surface area contributed by atoms with Gasteiger partial charge in [0.2, 0.25) is 5.91 Å². The summed E-state index contributed by atoms with van der Waals surface area (Å²) in [5, 5.41) is 3.19. The van der Waals surface area contributed by atoms with Gasteiger partial charge in [-0.05, 0) is 17.9 Å². The van der Waals surface area contributed by atoms with E-state index in [1.807, 2.05) is 30.5 Å². The molecule has 1 aliphatic rings. The lowest BCUT2D eigenvalue weighted by atomic mass is 9.87. The predicted octanol–water partition coefficient (Wildman–Crippen LogP) is 2.73. The highest BCUT2D eigenvalue weighted by atomic mass is 79.9. The monoisotopic (exact) mass is 365 g/mol. The fraction of sp³-hybridized carbons (Fsp3) is 0.214. The first-order valence-electron chi connectivity index (χ1n) is 6.32. The maximum atomic E-state index is 12.4. The molecule has 0 radical (unpaired) electrons. The van der Waals surface area contributed by atoms with Crippen molar-refractivity contribution >= 4 is 39.4 Å². The molecule has 0 bridgehead atoms. The minimum Gasteiger partial charge on any atom is -0.310 e. The van der Waals surface area contributed by atoms with Crippen LogP contribution < -0.4 is 10.9 Å². The molecule has 2 N–H and O–H groups in total. The van der Waals surface area contributed by atoms with E-state index >= 15 is 0 Å². The number of H-pyrrole nitrogens is 1. The van der Waals surface area contributed by atoms with Crippen molar-refractivity contribution in [2.24, 2.45) is 0 Å². The van der Waals surface area contributed by atoms with E-state index in [-0.39, 0.29) is 23.8 Å². The molecule has 21 heavy (non-hydrogen) atoms. The van der Waals surface area contributed by atoms with Crippen LogP contribution in [-0.2, 0) is 4.79 Å². The number of fused-ring (bicyclic) bond motifs is 1. The third kappa shape index (κ3) is 2.63. The van der Waals surface area contributed by atoms with Crippen LogP contribution in [0.25, 0.3) is 0 Å². The van der Waals surface area contributed by atoms with Crippen molar-refractivity contribution < 1.29 is 4.79 Å². The van der Waals surface area contributed by atoms with Crippen LogP contribution in [0.5, 0.6) is 0 Å². The molecule has 3 rings (SSSR count). The molecule has 0 saturated heterocycles. The Kier molecular flexibility index (Phi) is 3.86. The third-order valence-electron chi connectivity index (χ3n) is 3.40. The number of carbonyl (C=O) groups excluding carboxylic acids is 1. The highest BCUT2D eigenvalue weighted by Crippen LogP contribution is 2.37. The van der Waals surface area contributed by atoms with E-state index in [9.17, 15) is 9.59 Å². The van der Waals surface area contributed by atoms with Gasteiger partial charge in [-0.25, -0.2) is 4.98 Å². The van der Waals surface area contributed by atoms with Gasteiger partial charge in [-0.2, -0.15) is 0 Å². The first-order chi connectivity index (χ1) is 10.1. The van der Waals surface area contributed by atoms with E-state index < -0.39 is 0 Å². The summed E-state index contributed by atoms with van der Waals surface area (Å²) in [7, 11) is 0. The lowest BCUT2D eigenvalue weighted by molar-refractivity contribution is -0.116. The Balaban J connectivity index is 2.21. The van der Waals surface area contributed by atoms with Gasteiger partial charge >= 0.3 is 0 Å². The summed E-state index contributed by atoms with van der Waals surface area (Å²) in [4.78, 5) is 31.4. The number of nitrogens with zero attached hydrogens (tertiary/aromatic N) is 1. The Hall–Kier alpha value is -1.60. The number of halogens is 1. The summed E-state index contributed by atoms with van der Waals surface area (Å²) >= 11 is 4.82. The first-order valence-corrected chi connectivity index (χ1v) is 8.34. The zero-order valence-corrected chi connectivity index (χ0v) is 13.5. The number of amides is 1. The average molecular weight is 366 g/mol. The van der Waals surface area contributed by atoms with Gasteiger partial charge in [0.15, 0.2) is 5.16 Å². The van der Waals surface area contributed by atoms with Crippen molar-refractivity contribution in [3.63, 3.8) is 0 Å². The zero-order chi connectivity index (χ0) is 15.0. The molecule has 5 nitrogen and oxygen atoms in total. The largest absolute Gasteiger partial charge is 0.310 e. The van der Waals surface area contributed by atoms with Crippen LogP contribution in [0.1, 0.15) is 23.5 Å². The maximum absolute atomic E-state index is 12.4. The second kappa shape index (κ2) is 5.65. The number of carbonyl (C=O) groups is 1. The SMILES string of the molecule is CSc1nc2c(c(=O)[nH]1)[C@@H](c1ccccc1Br)CC(=O)N2. The molecule has 1 aromatic carbocycles. The van der Waals surface area contributed by atoms with Crippen LogP contribution in [0.15, 0.2) is 38.7 Å². The predicted molar refractivity (Wildman–Crippen MR) is 85.9 cm³/mol. The van der Waals surface area contributed by atoms with Gasteiger partial charge in [0, 0.05) is 16.8 Å². The third-order valence-corrected chi connectivity index (χ3v) is 4.71. The number of rotatable bonds is 2. The Morgan fingerprint density at radius 2 is 2.10 bits per heavy atom. The summed E-state index contributed by atoms with van der Waals surface area (Å²) in [5.74, 6) is -0.0648. The topological polar surface area (TPSA) is 74.8 Å². The van der Waals surface area contributed by atoms with E-state index in [2.05, 4.69) is 31.2 Å². The number of benzene rings is 1. The molecule has 1 aliphatic heterocycles. The van der Waals surface area contributed by atoms with E-state index in [0.717, 1.165) is 10.0 Å². The number of aromatic amines is 1. The minimum absolute atomic E-state index is 0.131. The van der Waals surface area contributed by atoms with Crippen LogP contribution in [0.2, 0.25) is 0 Å². The summed E-state index contributed by atoms with van der Waals surface area (Å²) in [6.45, 7) is 0. The lowest BCUT2D eigenvalue weighted by Gasteiger charge is -2.25. The molecular formula is C14H12BrN3O2S. The van der Waals surface area contributed by atoms with Gasteiger partial charge in [-0.15, -0.1) is 0 Å². The normalized spacial score (nSPS) is 17.2. The Labute approximate surface area is 133 Å². The van der Waals surface area contributed by atoms with Crippen molar-refractivity contribution in [2.75, 3.05) is 11.6 Å². The summed E-state index contributed by atoms with van der Waals surface area (Å²) in [6, 6.07) is 7.61. The molecule has 1 atom stereocenters. The Bertz CT molecular complexity index is 775. The van der Waals surface area contributed by atoms with Crippen molar-refractivity contribution in [3.05, 3.63) is 50.2 Å². The first kappa shape index (κ1) is 14.3. The number of nitrogens with one attached hydrogen (secondary N) is 2. The highest BCUT2D eigenvalue weighted by molar-refractivity contribution is 9.10. The van der Waals surface area contributed by atoms with E-state index in [1.54, 1.807) is 0 Å². The molecule has 0 aliphatic carbocycles. The quantitative estimate of drug-likeness (QED) is 0.633. The van der Waals surface area contributed by atoms with Crippen molar-refractivity contribution in [2.45, 2.75) is 17.5 Å². The second-order valence-corrected chi connectivity index (χ2v) is 6.31. The number of hydrogen-bond donors (Lipinski definition) is 2. The fourth-order valence-corrected chi connectivity index (χ4v) is 3.41. The second-order valence-electron chi connectivity index (χ2n) is 4.66. The number of thioether (sulfide) groups is 1. The van der Waals surface area contributed by atoms with Crippen molar-refractivity contribution in [1.29, 1.82) is 0 Å². The fourth-order valence-electron chi connectivity index (χ4n) is 2.47. The Morgan fingerprint density at radius 1 is 1.33 bits per heavy atom. The summed E-state index contributed by atoms with van der Waals surface area (Å²) in [5.41, 5.74) is 1.22. The number of hydrogen-bond acceptors (Lipinski definition) is 4. The minimum atomic E-state index is -0.295. The lowest BCUT2D eigenvalue weighted by Crippen LogP contribution is -2.31. The van der Waals surface area contributed by atoms with E-state index in [0.29, 0.717) is 16.5 Å². The van der Waals surface area contributed by atoms with Gasteiger partial charge in [0.1, 0.15) is 5.82 Å². The smallest absolute Gasteiger partial charge is 0.257 e. The molecule has 2 aromatic rings. The number of anilines is 1. The van der Waals surface area contributed by atoms with Crippen LogP contribution in [0.4, 0.5) is 5.82 Å². The van der Waals surface area contributed by atoms with E-state index in [4.69, 9.17) is 0 Å². The van der Waals surface area contributed by atoms with Crippen LogP contribution in [0, 0.1) is 0 Å². The van der Waals surface area contributed by atoms with Crippen LogP contribution in [0.3, 0.4) is 0 Å². The van der Waals surface area contributed by atoms with Gasteiger partial charge in [-0.3, -0.25) is 9.59 Å². The van der Waals surface area contributed by atoms with Crippen molar-refractivity contribution in [1.82, 2.24) is 9.97 Å². The molecule has 0 spiro atoms. The van der Waals surface area contributed by atoms with Gasteiger partial charge < -0.3 is 10.3 Å². The molecule has 108 valence electrons. The van der Waals surface area contributed by atoms with Gasteiger partial charge in [0.05, 0.1) is 5.56 Å². The standard InChI is InChI=1S/C14H12BrN3O2S/c1-21-14-17-12-11(13(20)18-14)8(6-10(19)16-12)7-4-2-3-5-9(7)15/h2-5,8H,6H2,1H3,(H2,16,17,18,19,20)/t8-/m1/s1. The average Bonchev–Trinajstić information content (AvgIpc) is 2.46. The molecule has 0 fully saturated rings. The van der Waals surface area contributed by atoms with Gasteiger partial charge in [-0.1, -0.05) is 45.9 Å². The molecule has 0 saturated carbocycles. The Morgan fingerprint density at radius 3 is 2.81 bits per heavy atom. The maximum Gasteiger partial charge on any atom is 0.257 e. The number of aromatic nitrogens is 2. The van der Waals surface area contributed by atoms with Crippen LogP contribution in [-0.4, -0.2) is 22.1 Å². The summed E-state index contributed by atoms with van der Waals surface area (Å²) in [6.07, 6.45) is 2.06. The molecule has 2 heterocycles. The van der Waals surface area contributed by atoms with Crippen molar-refractivity contribution in [3.8, 4) is 0 Å². The molecule has 0 unspecified atom stereocenters. The molecule has 1 amide bonds. The molecule has 1 aromatic heterocycles. The molecule has 7 heteroatoms. The van der Waals surface area contributed by atoms with E-state index in [1.165, 1.54) is 11.8 Å². The zero-order valence-electron chi connectivity index (χ0n) is 11.1. The summed E-state index contributed by atoms with van der Waals surface area (Å²) < 4.78 is 0.879. The van der Waals surface area contributed by atoms with Crippen LogP contribution >= 0.6 is 27.7 Å². The highest BCUT2D eigenvalue weighted by Gasteiger charge is 2.31. The molecular weight excluding hydrogens is 354 g/mol. The van der Waals surface area contributed by atoms with Gasteiger partial charge in [0.25, 0.3) is 5.56 Å².